The Hall–Kier alpha value is -5.02. The van der Waals surface area contributed by atoms with Gasteiger partial charge in [0.1, 0.15) is 17.5 Å². The van der Waals surface area contributed by atoms with E-state index in [9.17, 15) is 37.9 Å². The van der Waals surface area contributed by atoms with Crippen LogP contribution < -0.4 is 25.4 Å². The van der Waals surface area contributed by atoms with Gasteiger partial charge in [-0.1, -0.05) is 6.07 Å². The SMILES string of the molecule is C[C@H](NC(=O)OC(C)(C)C)C(=O)Nc1cc(C[C@H]2C(=O)N(C(=O)N[C@H](C)c3ccc4c(c3)OC(F)(F)O4)[C@@H]2C(=O)O)ccn1. The number of hydrogen-bond donors (Lipinski definition) is 4. The highest BCUT2D eigenvalue weighted by Gasteiger charge is 2.55. The van der Waals surface area contributed by atoms with Crippen LogP contribution in [0.2, 0.25) is 0 Å². The number of imide groups is 1. The van der Waals surface area contributed by atoms with E-state index in [1.165, 1.54) is 50.4 Å². The molecule has 3 heterocycles. The first-order valence-corrected chi connectivity index (χ1v) is 13.5. The first-order valence-electron chi connectivity index (χ1n) is 13.5. The van der Waals surface area contributed by atoms with Crippen LogP contribution in [-0.4, -0.2) is 68.9 Å². The van der Waals surface area contributed by atoms with E-state index in [-0.39, 0.29) is 23.7 Å². The predicted molar refractivity (Wildman–Crippen MR) is 147 cm³/mol. The Morgan fingerprint density at radius 3 is 2.43 bits per heavy atom. The number of likely N-dealkylation sites (tertiary alicyclic amines) is 1. The standard InChI is InChI=1S/C28H31F2N5O9/c1-13(16-6-7-18-19(12-16)43-28(29,30)42-18)32-25(40)35-21(24(38)39)17(23(35)37)10-15-8-9-31-20(11-15)34-22(36)14(2)33-26(41)44-27(3,4)5/h6-9,11-14,17,21H,10H2,1-5H3,(H,32,40)(H,33,41)(H,38,39)(H,31,34,36)/t13-,14+,17-,21+/m1/s1. The maximum absolute atomic E-state index is 13.3. The number of aromatic nitrogens is 1. The van der Waals surface area contributed by atoms with Crippen LogP contribution in [-0.2, 0) is 25.5 Å². The number of urea groups is 1. The number of alkyl carbamates (subject to hydrolysis) is 1. The third kappa shape index (κ3) is 7.30. The molecular weight excluding hydrogens is 588 g/mol. The molecule has 2 aliphatic heterocycles. The maximum atomic E-state index is 13.3. The third-order valence-corrected chi connectivity index (χ3v) is 6.61. The van der Waals surface area contributed by atoms with Crippen molar-refractivity contribution in [2.45, 2.75) is 71.1 Å². The van der Waals surface area contributed by atoms with E-state index in [2.05, 4.69) is 30.4 Å². The largest absolute Gasteiger partial charge is 0.586 e. The van der Waals surface area contributed by atoms with E-state index >= 15 is 0 Å². The van der Waals surface area contributed by atoms with E-state index in [0.717, 1.165) is 0 Å². The number of pyridine rings is 1. The number of anilines is 1. The van der Waals surface area contributed by atoms with Crippen molar-refractivity contribution in [1.29, 1.82) is 0 Å². The van der Waals surface area contributed by atoms with Crippen molar-refractivity contribution in [2.75, 3.05) is 5.32 Å². The summed E-state index contributed by atoms with van der Waals surface area (Å²) in [5, 5.41) is 17.2. The number of alkyl halides is 2. The topological polar surface area (TPSA) is 185 Å². The molecule has 44 heavy (non-hydrogen) atoms. The molecule has 0 aliphatic carbocycles. The lowest BCUT2D eigenvalue weighted by atomic mass is 9.82. The highest BCUT2D eigenvalue weighted by atomic mass is 19.3. The fourth-order valence-electron chi connectivity index (χ4n) is 4.54. The second kappa shape index (κ2) is 11.9. The summed E-state index contributed by atoms with van der Waals surface area (Å²) in [6.45, 7) is 7.99. The lowest BCUT2D eigenvalue weighted by Gasteiger charge is -2.43. The molecule has 4 atom stereocenters. The first kappa shape index (κ1) is 31.9. The molecule has 4 N–H and O–H groups in total. The number of fused-ring (bicyclic) bond motifs is 1. The molecule has 1 fully saturated rings. The molecule has 2 aromatic rings. The Bertz CT molecular complexity index is 1500. The summed E-state index contributed by atoms with van der Waals surface area (Å²) in [7, 11) is 0. The predicted octanol–water partition coefficient (Wildman–Crippen LogP) is 3.18. The van der Waals surface area contributed by atoms with Gasteiger partial charge in [-0.3, -0.25) is 9.59 Å². The van der Waals surface area contributed by atoms with Crippen LogP contribution >= 0.6 is 0 Å². The average molecular weight is 620 g/mol. The summed E-state index contributed by atoms with van der Waals surface area (Å²) in [5.41, 5.74) is 0.0444. The number of nitrogens with zero attached hydrogens (tertiary/aromatic N) is 2. The monoisotopic (exact) mass is 619 g/mol. The van der Waals surface area contributed by atoms with E-state index in [0.29, 0.717) is 16.0 Å². The first-order chi connectivity index (χ1) is 20.4. The Labute approximate surface area is 250 Å². The number of amides is 5. The van der Waals surface area contributed by atoms with Gasteiger partial charge in [0.05, 0.1) is 12.0 Å². The number of halogens is 2. The second-order valence-corrected chi connectivity index (χ2v) is 11.3. The van der Waals surface area contributed by atoms with E-state index in [1.54, 1.807) is 20.8 Å². The normalized spacial score (nSPS) is 19.7. The smallest absolute Gasteiger partial charge is 0.480 e. The zero-order valence-electron chi connectivity index (χ0n) is 24.3. The van der Waals surface area contributed by atoms with Crippen molar-refractivity contribution in [1.82, 2.24) is 20.5 Å². The molecule has 0 spiro atoms. The molecule has 0 bridgehead atoms. The molecule has 1 aromatic heterocycles. The number of carbonyl (C=O) groups is 5. The van der Waals surface area contributed by atoms with Gasteiger partial charge in [-0.15, -0.1) is 8.78 Å². The Morgan fingerprint density at radius 2 is 1.77 bits per heavy atom. The van der Waals surface area contributed by atoms with Crippen LogP contribution in [0.3, 0.4) is 0 Å². The summed E-state index contributed by atoms with van der Waals surface area (Å²) >= 11 is 0. The van der Waals surface area contributed by atoms with Crippen LogP contribution in [0.5, 0.6) is 11.5 Å². The van der Waals surface area contributed by atoms with Crippen molar-refractivity contribution in [2.24, 2.45) is 5.92 Å². The Balaban J connectivity index is 1.37. The van der Waals surface area contributed by atoms with Gasteiger partial charge in [-0.25, -0.2) is 24.3 Å². The van der Waals surface area contributed by atoms with Crippen LogP contribution in [0, 0.1) is 5.92 Å². The zero-order chi connectivity index (χ0) is 32.6. The minimum atomic E-state index is -3.82. The lowest BCUT2D eigenvalue weighted by molar-refractivity contribution is -0.286. The minimum absolute atomic E-state index is 0.0807. The number of nitrogens with one attached hydrogen (secondary N) is 3. The number of β-lactam (4-membered cyclic amide) rings is 1. The number of carboxylic acids is 1. The van der Waals surface area contributed by atoms with Gasteiger partial charge < -0.3 is 35.3 Å². The molecule has 1 aromatic carbocycles. The number of carbonyl (C=O) groups excluding carboxylic acids is 4. The zero-order valence-corrected chi connectivity index (χ0v) is 24.3. The van der Waals surface area contributed by atoms with Crippen LogP contribution in [0.4, 0.5) is 24.2 Å². The van der Waals surface area contributed by atoms with Crippen LogP contribution in [0.1, 0.15) is 51.8 Å². The minimum Gasteiger partial charge on any atom is -0.480 e. The van der Waals surface area contributed by atoms with E-state index in [4.69, 9.17) is 4.74 Å². The lowest BCUT2D eigenvalue weighted by Crippen LogP contribution is -2.68. The summed E-state index contributed by atoms with van der Waals surface area (Å²) in [6, 6.07) is 2.60. The van der Waals surface area contributed by atoms with Gasteiger partial charge in [-0.05, 0) is 76.4 Å². The molecular formula is C28H31F2N5O9. The number of aliphatic carboxylic acids is 1. The maximum Gasteiger partial charge on any atom is 0.586 e. The number of hydrogen-bond acceptors (Lipinski definition) is 9. The van der Waals surface area contributed by atoms with Crippen molar-refractivity contribution in [3.8, 4) is 11.5 Å². The number of ether oxygens (including phenoxy) is 3. The number of carboxylic acid groups (broad SMARTS) is 1. The molecule has 16 heteroatoms. The third-order valence-electron chi connectivity index (χ3n) is 6.61. The summed E-state index contributed by atoms with van der Waals surface area (Å²) in [4.78, 5) is 67.1. The Kier molecular flexibility index (Phi) is 8.65. The Morgan fingerprint density at radius 1 is 1.09 bits per heavy atom. The van der Waals surface area contributed by atoms with Crippen molar-refractivity contribution >= 4 is 35.7 Å². The van der Waals surface area contributed by atoms with Gasteiger partial charge in [0.15, 0.2) is 17.5 Å². The van der Waals surface area contributed by atoms with Crippen LogP contribution in [0.25, 0.3) is 0 Å². The number of rotatable bonds is 8. The quantitative estimate of drug-likeness (QED) is 0.320. The van der Waals surface area contributed by atoms with E-state index < -0.39 is 65.8 Å². The highest BCUT2D eigenvalue weighted by molar-refractivity contribution is 6.07. The summed E-state index contributed by atoms with van der Waals surface area (Å²) in [5.74, 6) is -4.18. The van der Waals surface area contributed by atoms with Gasteiger partial charge in [0.25, 0.3) is 0 Å². The fraction of sp³-hybridized carbons (Fsp3) is 0.429. The summed E-state index contributed by atoms with van der Waals surface area (Å²) in [6.07, 6.45) is -3.33. The summed E-state index contributed by atoms with van der Waals surface area (Å²) < 4.78 is 40.6. The van der Waals surface area contributed by atoms with Crippen LogP contribution in [0.15, 0.2) is 36.5 Å². The average Bonchev–Trinajstić information content (AvgIpc) is 3.21. The molecule has 0 saturated carbocycles. The molecule has 4 rings (SSSR count). The second-order valence-electron chi connectivity index (χ2n) is 11.3. The van der Waals surface area contributed by atoms with Gasteiger partial charge in [-0.2, -0.15) is 0 Å². The van der Waals surface area contributed by atoms with Gasteiger partial charge in [0.2, 0.25) is 11.8 Å². The van der Waals surface area contributed by atoms with E-state index in [1.807, 2.05) is 0 Å². The molecule has 1 saturated heterocycles. The van der Waals surface area contributed by atoms with Gasteiger partial charge >= 0.3 is 24.4 Å². The molecule has 5 amide bonds. The number of benzene rings is 1. The molecule has 236 valence electrons. The molecule has 14 nitrogen and oxygen atoms in total. The molecule has 0 unspecified atom stereocenters. The molecule has 0 radical (unpaired) electrons. The van der Waals surface area contributed by atoms with Crippen molar-refractivity contribution in [3.63, 3.8) is 0 Å². The highest BCUT2D eigenvalue weighted by Crippen LogP contribution is 2.42. The van der Waals surface area contributed by atoms with Crippen molar-refractivity contribution < 1.29 is 52.1 Å². The van der Waals surface area contributed by atoms with Gasteiger partial charge in [0, 0.05) is 6.20 Å². The molecule has 2 aliphatic rings. The fourth-order valence-corrected chi connectivity index (χ4v) is 4.54. The van der Waals surface area contributed by atoms with Crippen molar-refractivity contribution in [3.05, 3.63) is 47.7 Å².